The van der Waals surface area contributed by atoms with Gasteiger partial charge in [-0.3, -0.25) is 9.69 Å². The van der Waals surface area contributed by atoms with E-state index in [1.54, 1.807) is 0 Å². The van der Waals surface area contributed by atoms with Crippen molar-refractivity contribution in [3.63, 3.8) is 0 Å². The number of hydrogen-bond acceptors (Lipinski definition) is 4. The lowest BCUT2D eigenvalue weighted by Crippen LogP contribution is -2.49. The third-order valence-electron chi connectivity index (χ3n) is 3.15. The van der Waals surface area contributed by atoms with Crippen LogP contribution in [-0.2, 0) is 14.3 Å². The first-order valence-electron chi connectivity index (χ1n) is 5.49. The first kappa shape index (κ1) is 12.5. The maximum absolute atomic E-state index is 11.4. The van der Waals surface area contributed by atoms with Gasteiger partial charge in [-0.2, -0.15) is 0 Å². The second-order valence-corrected chi connectivity index (χ2v) is 4.23. The number of rotatable bonds is 3. The minimum atomic E-state index is -0.137. The van der Waals surface area contributed by atoms with Gasteiger partial charge in [0.1, 0.15) is 0 Å². The van der Waals surface area contributed by atoms with E-state index in [0.717, 1.165) is 19.7 Å². The quantitative estimate of drug-likeness (QED) is 0.656. The summed E-state index contributed by atoms with van der Waals surface area (Å²) in [6.07, 6.45) is 0.256. The van der Waals surface area contributed by atoms with Gasteiger partial charge in [0.15, 0.2) is 0 Å². The molecule has 0 aromatic heterocycles. The van der Waals surface area contributed by atoms with Gasteiger partial charge >= 0.3 is 5.97 Å². The highest BCUT2D eigenvalue weighted by molar-refractivity contribution is 5.72. The predicted molar refractivity (Wildman–Crippen MR) is 57.6 cm³/mol. The Morgan fingerprint density at radius 3 is 2.73 bits per heavy atom. The van der Waals surface area contributed by atoms with Gasteiger partial charge in [-0.15, -0.1) is 0 Å². The van der Waals surface area contributed by atoms with Crippen LogP contribution in [0.3, 0.4) is 0 Å². The van der Waals surface area contributed by atoms with Gasteiger partial charge in [0.25, 0.3) is 0 Å². The van der Waals surface area contributed by atoms with Gasteiger partial charge in [-0.25, -0.2) is 0 Å². The molecule has 4 nitrogen and oxygen atoms in total. The molecule has 1 rings (SSSR count). The molecule has 4 heteroatoms. The van der Waals surface area contributed by atoms with Crippen molar-refractivity contribution >= 4 is 5.97 Å². The van der Waals surface area contributed by atoms with Crippen LogP contribution in [0.5, 0.6) is 0 Å². The van der Waals surface area contributed by atoms with Crippen LogP contribution in [0.25, 0.3) is 0 Å². The topological polar surface area (TPSA) is 38.8 Å². The van der Waals surface area contributed by atoms with Gasteiger partial charge in [0, 0.05) is 19.1 Å². The number of esters is 1. The van der Waals surface area contributed by atoms with Crippen LogP contribution in [-0.4, -0.2) is 49.8 Å². The molecule has 1 aliphatic rings. The first-order chi connectivity index (χ1) is 7.06. The average molecular weight is 215 g/mol. The van der Waals surface area contributed by atoms with Gasteiger partial charge < -0.3 is 9.47 Å². The summed E-state index contributed by atoms with van der Waals surface area (Å²) in [5.74, 6) is -0.220. The predicted octanol–water partition coefficient (Wildman–Crippen LogP) is 0.905. The summed E-state index contributed by atoms with van der Waals surface area (Å²) in [5.41, 5.74) is 0. The molecular formula is C11H21NO3. The summed E-state index contributed by atoms with van der Waals surface area (Å²) in [6, 6.07) is 0.212. The van der Waals surface area contributed by atoms with Crippen LogP contribution >= 0.6 is 0 Å². The molecule has 0 N–H and O–H groups in total. The molecule has 0 bridgehead atoms. The third-order valence-corrected chi connectivity index (χ3v) is 3.15. The van der Waals surface area contributed by atoms with Crippen molar-refractivity contribution in [3.8, 4) is 0 Å². The minimum Gasteiger partial charge on any atom is -0.469 e. The van der Waals surface area contributed by atoms with Crippen molar-refractivity contribution in [2.45, 2.75) is 32.9 Å². The number of hydrogen-bond donors (Lipinski definition) is 0. The summed E-state index contributed by atoms with van der Waals surface area (Å²) in [7, 11) is 1.44. The molecule has 0 saturated carbocycles. The number of ether oxygens (including phenoxy) is 2. The second-order valence-electron chi connectivity index (χ2n) is 4.23. The Bertz CT molecular complexity index is 220. The maximum Gasteiger partial charge on any atom is 0.309 e. The Kier molecular flexibility index (Phi) is 4.54. The zero-order chi connectivity index (χ0) is 11.4. The molecule has 3 atom stereocenters. The van der Waals surface area contributed by atoms with E-state index in [9.17, 15) is 4.79 Å². The van der Waals surface area contributed by atoms with Crippen LogP contribution < -0.4 is 0 Å². The van der Waals surface area contributed by atoms with E-state index < -0.39 is 0 Å². The molecule has 3 unspecified atom stereocenters. The van der Waals surface area contributed by atoms with Gasteiger partial charge in [-0.1, -0.05) is 6.92 Å². The average Bonchev–Trinajstić information content (AvgIpc) is 2.26. The van der Waals surface area contributed by atoms with Crippen LogP contribution in [0.1, 0.15) is 20.8 Å². The highest BCUT2D eigenvalue weighted by atomic mass is 16.5. The van der Waals surface area contributed by atoms with E-state index in [1.165, 1.54) is 7.11 Å². The van der Waals surface area contributed by atoms with Gasteiger partial charge in [0.05, 0.1) is 25.7 Å². The first-order valence-corrected chi connectivity index (χ1v) is 5.49. The van der Waals surface area contributed by atoms with Crippen molar-refractivity contribution in [3.05, 3.63) is 0 Å². The van der Waals surface area contributed by atoms with Crippen molar-refractivity contribution in [1.29, 1.82) is 0 Å². The molecule has 88 valence electrons. The van der Waals surface area contributed by atoms with Crippen molar-refractivity contribution < 1.29 is 14.3 Å². The SMILES string of the molecule is COC(=O)C(C)C(C)N1CCOC(C)C1. The molecular weight excluding hydrogens is 194 g/mol. The fourth-order valence-corrected chi connectivity index (χ4v) is 1.91. The largest absolute Gasteiger partial charge is 0.469 e. The minimum absolute atomic E-state index is 0.0831. The Hall–Kier alpha value is -0.610. The van der Waals surface area contributed by atoms with E-state index in [-0.39, 0.29) is 24.0 Å². The molecule has 1 saturated heterocycles. The number of nitrogens with zero attached hydrogens (tertiary/aromatic N) is 1. The monoisotopic (exact) mass is 215 g/mol. The molecule has 0 aromatic carbocycles. The number of morpholine rings is 1. The zero-order valence-corrected chi connectivity index (χ0v) is 10.0. The van der Waals surface area contributed by atoms with E-state index in [4.69, 9.17) is 9.47 Å². The van der Waals surface area contributed by atoms with Crippen molar-refractivity contribution in [2.75, 3.05) is 26.8 Å². The van der Waals surface area contributed by atoms with Crippen LogP contribution in [0.15, 0.2) is 0 Å². The summed E-state index contributed by atoms with van der Waals surface area (Å²) in [6.45, 7) is 8.58. The number of methoxy groups -OCH3 is 1. The number of carbonyl (C=O) groups is 1. The maximum atomic E-state index is 11.4. The summed E-state index contributed by atoms with van der Waals surface area (Å²) in [5, 5.41) is 0. The third kappa shape index (κ3) is 3.18. The molecule has 1 heterocycles. The Balaban J connectivity index is 2.51. The molecule has 1 aliphatic heterocycles. The summed E-state index contributed by atoms with van der Waals surface area (Å²) in [4.78, 5) is 13.7. The normalized spacial score (nSPS) is 27.1. The van der Waals surface area contributed by atoms with E-state index >= 15 is 0 Å². The van der Waals surface area contributed by atoms with Crippen LogP contribution in [0.4, 0.5) is 0 Å². The summed E-state index contributed by atoms with van der Waals surface area (Å²) < 4.78 is 10.2. The summed E-state index contributed by atoms with van der Waals surface area (Å²) >= 11 is 0. The fraction of sp³-hybridized carbons (Fsp3) is 0.909. The highest BCUT2D eigenvalue weighted by Gasteiger charge is 2.29. The zero-order valence-electron chi connectivity index (χ0n) is 10.0. The van der Waals surface area contributed by atoms with E-state index in [2.05, 4.69) is 18.7 Å². The van der Waals surface area contributed by atoms with Crippen molar-refractivity contribution in [2.24, 2.45) is 5.92 Å². The lowest BCUT2D eigenvalue weighted by atomic mass is 10.0. The molecule has 1 fully saturated rings. The fourth-order valence-electron chi connectivity index (χ4n) is 1.91. The van der Waals surface area contributed by atoms with Crippen LogP contribution in [0.2, 0.25) is 0 Å². The van der Waals surface area contributed by atoms with Crippen LogP contribution in [0, 0.1) is 5.92 Å². The number of carbonyl (C=O) groups excluding carboxylic acids is 1. The smallest absolute Gasteiger partial charge is 0.309 e. The Morgan fingerprint density at radius 1 is 1.53 bits per heavy atom. The van der Waals surface area contributed by atoms with E-state index in [1.807, 2.05) is 6.92 Å². The highest BCUT2D eigenvalue weighted by Crippen LogP contribution is 2.16. The molecule has 0 spiro atoms. The van der Waals surface area contributed by atoms with Crippen molar-refractivity contribution in [1.82, 2.24) is 4.90 Å². The lowest BCUT2D eigenvalue weighted by Gasteiger charge is -2.37. The lowest BCUT2D eigenvalue weighted by molar-refractivity contribution is -0.148. The molecule has 0 aliphatic carbocycles. The molecule has 0 aromatic rings. The second kappa shape index (κ2) is 5.47. The van der Waals surface area contributed by atoms with E-state index in [0.29, 0.717) is 0 Å². The Morgan fingerprint density at radius 2 is 2.20 bits per heavy atom. The van der Waals surface area contributed by atoms with Gasteiger partial charge in [-0.05, 0) is 13.8 Å². The molecule has 15 heavy (non-hydrogen) atoms. The molecule has 0 radical (unpaired) electrons. The Labute approximate surface area is 91.5 Å². The van der Waals surface area contributed by atoms with Gasteiger partial charge in [0.2, 0.25) is 0 Å². The standard InChI is InChI=1S/C11H21NO3/c1-8-7-12(5-6-15-8)10(3)9(2)11(13)14-4/h8-10H,5-7H2,1-4H3. The molecule has 0 amide bonds.